The summed E-state index contributed by atoms with van der Waals surface area (Å²) >= 11 is 0. The second-order valence-electron chi connectivity index (χ2n) is 5.09. The Bertz CT molecular complexity index is 233. The van der Waals surface area contributed by atoms with Crippen molar-refractivity contribution in [1.82, 2.24) is 5.32 Å². The van der Waals surface area contributed by atoms with Gasteiger partial charge < -0.3 is 14.8 Å². The van der Waals surface area contributed by atoms with Crippen LogP contribution in [0.15, 0.2) is 0 Å². The first kappa shape index (κ1) is 12.8. The normalized spacial score (nSPS) is 29.9. The van der Waals surface area contributed by atoms with Gasteiger partial charge in [-0.2, -0.15) is 0 Å². The van der Waals surface area contributed by atoms with Gasteiger partial charge >= 0.3 is 5.97 Å². The molecule has 2 atom stereocenters. The molecule has 0 saturated carbocycles. The van der Waals surface area contributed by atoms with Crippen LogP contribution in [0.3, 0.4) is 0 Å². The zero-order valence-electron chi connectivity index (χ0n) is 10.5. The minimum Gasteiger partial charge on any atom is -0.463 e. The fourth-order valence-electron chi connectivity index (χ4n) is 2.52. The van der Waals surface area contributed by atoms with Gasteiger partial charge in [0.05, 0.1) is 6.10 Å². The van der Waals surface area contributed by atoms with Crippen LogP contribution in [0.2, 0.25) is 0 Å². The predicted molar refractivity (Wildman–Crippen MR) is 64.8 cm³/mol. The van der Waals surface area contributed by atoms with E-state index in [2.05, 4.69) is 5.32 Å². The quantitative estimate of drug-likeness (QED) is 0.758. The van der Waals surface area contributed by atoms with E-state index in [0.29, 0.717) is 18.9 Å². The molecule has 1 N–H and O–H groups in total. The predicted octanol–water partition coefficient (Wildman–Crippen LogP) is 1.49. The number of hydrogen-bond acceptors (Lipinski definition) is 4. The van der Waals surface area contributed by atoms with Crippen molar-refractivity contribution in [1.29, 1.82) is 0 Å². The number of rotatable bonds is 4. The van der Waals surface area contributed by atoms with E-state index in [1.807, 2.05) is 0 Å². The van der Waals surface area contributed by atoms with E-state index >= 15 is 0 Å². The van der Waals surface area contributed by atoms with Crippen LogP contribution in [0.1, 0.15) is 38.5 Å². The third-order valence-corrected chi connectivity index (χ3v) is 3.56. The van der Waals surface area contributed by atoms with Gasteiger partial charge in [0.15, 0.2) is 0 Å². The number of hydrogen-bond donors (Lipinski definition) is 1. The Morgan fingerprint density at radius 2 is 2.24 bits per heavy atom. The second kappa shape index (κ2) is 6.97. The number of piperidine rings is 1. The Balaban J connectivity index is 1.59. The average Bonchev–Trinajstić information content (AvgIpc) is 2.39. The first-order valence-corrected chi connectivity index (χ1v) is 6.82. The molecule has 2 aliphatic heterocycles. The summed E-state index contributed by atoms with van der Waals surface area (Å²) < 4.78 is 10.8. The summed E-state index contributed by atoms with van der Waals surface area (Å²) in [6.07, 6.45) is 6.36. The third kappa shape index (κ3) is 4.64. The summed E-state index contributed by atoms with van der Waals surface area (Å²) in [4.78, 5) is 11.6. The van der Waals surface area contributed by atoms with E-state index in [0.717, 1.165) is 39.0 Å². The van der Waals surface area contributed by atoms with Gasteiger partial charge in [0, 0.05) is 13.0 Å². The molecule has 0 spiro atoms. The van der Waals surface area contributed by atoms with Gasteiger partial charge in [-0.1, -0.05) is 0 Å². The minimum atomic E-state index is -0.0622. The fourth-order valence-corrected chi connectivity index (χ4v) is 2.52. The van der Waals surface area contributed by atoms with Gasteiger partial charge in [-0.05, 0) is 51.1 Å². The first-order chi connectivity index (χ1) is 8.34. The van der Waals surface area contributed by atoms with E-state index in [9.17, 15) is 4.79 Å². The van der Waals surface area contributed by atoms with Crippen LogP contribution < -0.4 is 5.32 Å². The van der Waals surface area contributed by atoms with Gasteiger partial charge in [-0.25, -0.2) is 0 Å². The molecule has 98 valence electrons. The van der Waals surface area contributed by atoms with Gasteiger partial charge in [-0.15, -0.1) is 0 Å². The van der Waals surface area contributed by atoms with Gasteiger partial charge in [-0.3, -0.25) is 4.79 Å². The zero-order valence-corrected chi connectivity index (χ0v) is 10.5. The van der Waals surface area contributed by atoms with Crippen LogP contribution in [0.5, 0.6) is 0 Å². The number of esters is 1. The molecule has 0 bridgehead atoms. The fraction of sp³-hybridized carbons (Fsp3) is 0.923. The Morgan fingerprint density at radius 3 is 2.94 bits per heavy atom. The Labute approximate surface area is 103 Å². The van der Waals surface area contributed by atoms with Crippen LogP contribution in [0, 0.1) is 5.92 Å². The summed E-state index contributed by atoms with van der Waals surface area (Å²) in [5, 5.41) is 3.31. The van der Waals surface area contributed by atoms with E-state index < -0.39 is 0 Å². The molecule has 4 heteroatoms. The summed E-state index contributed by atoms with van der Waals surface area (Å²) in [6.45, 7) is 3.30. The maximum Gasteiger partial charge on any atom is 0.306 e. The molecule has 17 heavy (non-hydrogen) atoms. The second-order valence-corrected chi connectivity index (χ2v) is 5.09. The summed E-state index contributed by atoms with van der Waals surface area (Å²) in [6, 6.07) is 0. The van der Waals surface area contributed by atoms with Crippen LogP contribution in [0.25, 0.3) is 0 Å². The number of nitrogens with one attached hydrogen (secondary N) is 1. The van der Waals surface area contributed by atoms with E-state index in [-0.39, 0.29) is 12.1 Å². The zero-order chi connectivity index (χ0) is 11.9. The molecule has 2 heterocycles. The minimum absolute atomic E-state index is 0.0622. The van der Waals surface area contributed by atoms with Gasteiger partial charge in [0.1, 0.15) is 6.61 Å². The SMILES string of the molecule is O=C(CC1CCCNC1)OCC1CCCCO1. The lowest BCUT2D eigenvalue weighted by Crippen LogP contribution is -2.32. The largest absolute Gasteiger partial charge is 0.463 e. The lowest BCUT2D eigenvalue weighted by Gasteiger charge is -2.24. The molecule has 2 aliphatic rings. The van der Waals surface area contributed by atoms with Crippen molar-refractivity contribution in [2.24, 2.45) is 5.92 Å². The van der Waals surface area contributed by atoms with Crippen molar-refractivity contribution < 1.29 is 14.3 Å². The van der Waals surface area contributed by atoms with E-state index in [4.69, 9.17) is 9.47 Å². The van der Waals surface area contributed by atoms with Crippen molar-refractivity contribution in [3.05, 3.63) is 0 Å². The molecular weight excluding hydrogens is 218 g/mol. The third-order valence-electron chi connectivity index (χ3n) is 3.56. The number of carbonyl (C=O) groups excluding carboxylic acids is 1. The molecule has 0 radical (unpaired) electrons. The molecule has 2 unspecified atom stereocenters. The smallest absolute Gasteiger partial charge is 0.306 e. The van der Waals surface area contributed by atoms with Crippen molar-refractivity contribution in [2.75, 3.05) is 26.3 Å². The lowest BCUT2D eigenvalue weighted by atomic mass is 9.96. The maximum atomic E-state index is 11.6. The lowest BCUT2D eigenvalue weighted by molar-refractivity contribution is -0.150. The van der Waals surface area contributed by atoms with Crippen molar-refractivity contribution in [3.8, 4) is 0 Å². The van der Waals surface area contributed by atoms with Gasteiger partial charge in [0.2, 0.25) is 0 Å². The molecule has 2 saturated heterocycles. The van der Waals surface area contributed by atoms with Crippen molar-refractivity contribution in [2.45, 2.75) is 44.6 Å². The highest BCUT2D eigenvalue weighted by Crippen LogP contribution is 2.16. The standard InChI is InChI=1S/C13H23NO3/c15-13(8-11-4-3-6-14-9-11)17-10-12-5-1-2-7-16-12/h11-12,14H,1-10H2. The highest BCUT2D eigenvalue weighted by molar-refractivity contribution is 5.69. The Kier molecular flexibility index (Phi) is 5.26. The topological polar surface area (TPSA) is 47.6 Å². The highest BCUT2D eigenvalue weighted by atomic mass is 16.6. The molecule has 2 rings (SSSR count). The number of carbonyl (C=O) groups is 1. The Hall–Kier alpha value is -0.610. The molecule has 0 aromatic carbocycles. The Morgan fingerprint density at radius 1 is 1.29 bits per heavy atom. The molecule has 0 aliphatic carbocycles. The summed E-state index contributed by atoms with van der Waals surface area (Å²) in [5.74, 6) is 0.399. The molecule has 0 aromatic heterocycles. The molecule has 2 fully saturated rings. The van der Waals surface area contributed by atoms with Crippen LogP contribution >= 0.6 is 0 Å². The number of ether oxygens (including phenoxy) is 2. The first-order valence-electron chi connectivity index (χ1n) is 6.82. The van der Waals surface area contributed by atoms with E-state index in [1.54, 1.807) is 0 Å². The highest BCUT2D eigenvalue weighted by Gasteiger charge is 2.20. The van der Waals surface area contributed by atoms with E-state index in [1.165, 1.54) is 12.8 Å². The molecular formula is C13H23NO3. The maximum absolute atomic E-state index is 11.6. The monoisotopic (exact) mass is 241 g/mol. The van der Waals surface area contributed by atoms with Crippen molar-refractivity contribution in [3.63, 3.8) is 0 Å². The van der Waals surface area contributed by atoms with Crippen LogP contribution in [-0.2, 0) is 14.3 Å². The average molecular weight is 241 g/mol. The molecule has 0 amide bonds. The van der Waals surface area contributed by atoms with Crippen LogP contribution in [-0.4, -0.2) is 38.4 Å². The summed E-state index contributed by atoms with van der Waals surface area (Å²) in [5.41, 5.74) is 0. The van der Waals surface area contributed by atoms with Gasteiger partial charge in [0.25, 0.3) is 0 Å². The van der Waals surface area contributed by atoms with Crippen molar-refractivity contribution >= 4 is 5.97 Å². The summed E-state index contributed by atoms with van der Waals surface area (Å²) in [7, 11) is 0. The molecule has 4 nitrogen and oxygen atoms in total. The molecule has 0 aromatic rings. The van der Waals surface area contributed by atoms with Crippen LogP contribution in [0.4, 0.5) is 0 Å².